The fourth-order valence-electron chi connectivity index (χ4n) is 2.06. The first kappa shape index (κ1) is 16.1. The monoisotopic (exact) mass is 302 g/mol. The van der Waals surface area contributed by atoms with E-state index in [0.717, 1.165) is 23.2 Å². The van der Waals surface area contributed by atoms with Crippen molar-refractivity contribution in [1.29, 1.82) is 0 Å². The number of benzene rings is 2. The van der Waals surface area contributed by atoms with Crippen molar-refractivity contribution in [2.24, 2.45) is 4.99 Å². The molecule has 116 valence electrons. The van der Waals surface area contributed by atoms with Gasteiger partial charge in [-0.2, -0.15) is 0 Å². The molecule has 0 unspecified atom stereocenters. The molecular formula is C18H20F2N2. The normalized spacial score (nSPS) is 11.1. The minimum atomic E-state index is -0.344. The maximum Gasteiger partial charge on any atom is 0.149 e. The summed E-state index contributed by atoms with van der Waals surface area (Å²) in [6.45, 7) is 4.74. The summed E-state index contributed by atoms with van der Waals surface area (Å²) in [5.41, 5.74) is 3.13. The van der Waals surface area contributed by atoms with Crippen molar-refractivity contribution in [2.45, 2.75) is 20.3 Å². The Morgan fingerprint density at radius 2 is 1.82 bits per heavy atom. The van der Waals surface area contributed by atoms with Gasteiger partial charge in [0, 0.05) is 13.6 Å². The molecule has 2 rings (SSSR count). The van der Waals surface area contributed by atoms with Gasteiger partial charge in [0.15, 0.2) is 0 Å². The lowest BCUT2D eigenvalue weighted by atomic mass is 10.00. The van der Waals surface area contributed by atoms with Gasteiger partial charge >= 0.3 is 0 Å². The topological polar surface area (TPSA) is 15.6 Å². The number of hydrogen-bond donors (Lipinski definition) is 0. The van der Waals surface area contributed by atoms with Crippen LogP contribution in [0.2, 0.25) is 0 Å². The highest BCUT2D eigenvalue weighted by atomic mass is 19.1. The SMILES string of the molecule is CCN(C)C=Nc1cc(C)c(Cc2ccc(F)cc2)cc1F. The van der Waals surface area contributed by atoms with E-state index in [1.165, 1.54) is 18.2 Å². The van der Waals surface area contributed by atoms with Gasteiger partial charge in [-0.15, -0.1) is 0 Å². The van der Waals surface area contributed by atoms with E-state index in [4.69, 9.17) is 0 Å². The summed E-state index contributed by atoms with van der Waals surface area (Å²) in [5.74, 6) is -0.611. The van der Waals surface area contributed by atoms with Crippen LogP contribution in [0.3, 0.4) is 0 Å². The Labute approximate surface area is 130 Å². The minimum Gasteiger partial charge on any atom is -0.366 e. The van der Waals surface area contributed by atoms with Crippen LogP contribution in [-0.4, -0.2) is 24.8 Å². The molecule has 0 bridgehead atoms. The molecule has 0 radical (unpaired) electrons. The lowest BCUT2D eigenvalue weighted by molar-refractivity contribution is 0.551. The van der Waals surface area contributed by atoms with E-state index in [-0.39, 0.29) is 11.6 Å². The molecule has 2 aromatic carbocycles. The second-order valence-corrected chi connectivity index (χ2v) is 5.35. The van der Waals surface area contributed by atoms with Gasteiger partial charge < -0.3 is 4.90 Å². The molecule has 4 heteroatoms. The predicted octanol–water partition coefficient (Wildman–Crippen LogP) is 4.48. The molecule has 0 spiro atoms. The number of aliphatic imine (C=N–C) groups is 1. The van der Waals surface area contributed by atoms with E-state index >= 15 is 0 Å². The van der Waals surface area contributed by atoms with Crippen LogP contribution in [-0.2, 0) is 6.42 Å². The first-order valence-corrected chi connectivity index (χ1v) is 7.27. The zero-order chi connectivity index (χ0) is 16.1. The molecule has 0 aromatic heterocycles. The maximum absolute atomic E-state index is 14.2. The number of rotatable bonds is 5. The Kier molecular flexibility index (Phi) is 5.26. The van der Waals surface area contributed by atoms with E-state index in [0.29, 0.717) is 12.1 Å². The highest BCUT2D eigenvalue weighted by Crippen LogP contribution is 2.24. The van der Waals surface area contributed by atoms with Gasteiger partial charge in [-0.1, -0.05) is 12.1 Å². The third-order valence-corrected chi connectivity index (χ3v) is 3.61. The number of hydrogen-bond acceptors (Lipinski definition) is 1. The Morgan fingerprint density at radius 1 is 1.14 bits per heavy atom. The summed E-state index contributed by atoms with van der Waals surface area (Å²) in [6.07, 6.45) is 2.19. The summed E-state index contributed by atoms with van der Waals surface area (Å²) >= 11 is 0. The van der Waals surface area contributed by atoms with Gasteiger partial charge in [-0.05, 0) is 61.2 Å². The molecule has 0 saturated carbocycles. The van der Waals surface area contributed by atoms with Crippen LogP contribution in [0.15, 0.2) is 41.4 Å². The largest absolute Gasteiger partial charge is 0.366 e. The van der Waals surface area contributed by atoms with Crippen LogP contribution in [0.5, 0.6) is 0 Å². The molecule has 0 N–H and O–H groups in total. The van der Waals surface area contributed by atoms with Gasteiger partial charge in [0.1, 0.15) is 17.3 Å². The van der Waals surface area contributed by atoms with Crippen molar-refractivity contribution < 1.29 is 8.78 Å². The molecule has 0 aliphatic carbocycles. The first-order chi connectivity index (χ1) is 10.5. The summed E-state index contributed by atoms with van der Waals surface area (Å²) in [4.78, 5) is 6.05. The zero-order valence-corrected chi connectivity index (χ0v) is 13.1. The van der Waals surface area contributed by atoms with E-state index in [1.54, 1.807) is 24.5 Å². The highest BCUT2D eigenvalue weighted by Gasteiger charge is 2.08. The molecule has 2 aromatic rings. The minimum absolute atomic E-state index is 0.267. The van der Waals surface area contributed by atoms with E-state index in [1.807, 2.05) is 25.8 Å². The van der Waals surface area contributed by atoms with Crippen molar-refractivity contribution in [1.82, 2.24) is 4.90 Å². The fraction of sp³-hybridized carbons (Fsp3) is 0.278. The van der Waals surface area contributed by atoms with Crippen molar-refractivity contribution in [3.63, 3.8) is 0 Å². The molecule has 0 aliphatic heterocycles. The first-order valence-electron chi connectivity index (χ1n) is 7.27. The molecule has 0 atom stereocenters. The molecule has 0 aliphatic rings. The van der Waals surface area contributed by atoms with Gasteiger partial charge in [-0.25, -0.2) is 13.8 Å². The van der Waals surface area contributed by atoms with Crippen molar-refractivity contribution >= 4 is 12.0 Å². The fourth-order valence-corrected chi connectivity index (χ4v) is 2.06. The third-order valence-electron chi connectivity index (χ3n) is 3.61. The Balaban J connectivity index is 2.22. The van der Waals surface area contributed by atoms with Gasteiger partial charge in [0.2, 0.25) is 0 Å². The van der Waals surface area contributed by atoms with Gasteiger partial charge in [-0.3, -0.25) is 0 Å². The van der Waals surface area contributed by atoms with Crippen LogP contribution in [0.4, 0.5) is 14.5 Å². The second kappa shape index (κ2) is 7.16. The number of aryl methyl sites for hydroxylation is 1. The Bertz CT molecular complexity index is 664. The van der Waals surface area contributed by atoms with Crippen LogP contribution >= 0.6 is 0 Å². The number of halogens is 2. The van der Waals surface area contributed by atoms with Crippen molar-refractivity contribution in [3.8, 4) is 0 Å². The maximum atomic E-state index is 14.2. The zero-order valence-electron chi connectivity index (χ0n) is 13.1. The quantitative estimate of drug-likeness (QED) is 0.587. The Hall–Kier alpha value is -2.23. The molecule has 2 nitrogen and oxygen atoms in total. The average molecular weight is 302 g/mol. The van der Waals surface area contributed by atoms with Crippen molar-refractivity contribution in [2.75, 3.05) is 13.6 Å². The summed E-state index contributed by atoms with van der Waals surface area (Å²) in [5, 5.41) is 0. The van der Waals surface area contributed by atoms with E-state index in [9.17, 15) is 8.78 Å². The summed E-state index contributed by atoms with van der Waals surface area (Å²) in [6, 6.07) is 9.52. The Morgan fingerprint density at radius 3 is 2.45 bits per heavy atom. The lowest BCUT2D eigenvalue weighted by Gasteiger charge is -2.10. The summed E-state index contributed by atoms with van der Waals surface area (Å²) in [7, 11) is 1.89. The predicted molar refractivity (Wildman–Crippen MR) is 86.8 cm³/mol. The van der Waals surface area contributed by atoms with Crippen LogP contribution in [0.25, 0.3) is 0 Å². The van der Waals surface area contributed by atoms with Gasteiger partial charge in [0.05, 0.1) is 6.34 Å². The van der Waals surface area contributed by atoms with Crippen LogP contribution in [0, 0.1) is 18.6 Å². The van der Waals surface area contributed by atoms with E-state index in [2.05, 4.69) is 4.99 Å². The molecule has 0 saturated heterocycles. The lowest BCUT2D eigenvalue weighted by Crippen LogP contribution is -2.14. The number of nitrogens with zero attached hydrogens (tertiary/aromatic N) is 2. The molecule has 0 amide bonds. The smallest absolute Gasteiger partial charge is 0.149 e. The standard InChI is InChI=1S/C18H20F2N2/c1-4-22(3)12-21-18-9-13(2)15(11-17(18)20)10-14-5-7-16(19)8-6-14/h5-9,11-12H,4,10H2,1-3H3. The van der Waals surface area contributed by atoms with Crippen molar-refractivity contribution in [3.05, 3.63) is 64.7 Å². The molecular weight excluding hydrogens is 282 g/mol. The van der Waals surface area contributed by atoms with Crippen LogP contribution in [0.1, 0.15) is 23.6 Å². The highest BCUT2D eigenvalue weighted by molar-refractivity contribution is 5.62. The molecule has 0 heterocycles. The third kappa shape index (κ3) is 4.13. The average Bonchev–Trinajstić information content (AvgIpc) is 2.51. The molecule has 0 fully saturated rings. The second-order valence-electron chi connectivity index (χ2n) is 5.35. The summed E-state index contributed by atoms with van der Waals surface area (Å²) < 4.78 is 27.1. The van der Waals surface area contributed by atoms with E-state index < -0.39 is 0 Å². The van der Waals surface area contributed by atoms with Gasteiger partial charge in [0.25, 0.3) is 0 Å². The van der Waals surface area contributed by atoms with Crippen LogP contribution < -0.4 is 0 Å². The molecule has 22 heavy (non-hydrogen) atoms.